The van der Waals surface area contributed by atoms with Gasteiger partial charge in [0, 0.05) is 18.1 Å². The van der Waals surface area contributed by atoms with Crippen LogP contribution in [0, 0.1) is 0 Å². The number of hydrogen-bond acceptors (Lipinski definition) is 6. The van der Waals surface area contributed by atoms with Crippen LogP contribution in [0.4, 0.5) is 5.69 Å². The van der Waals surface area contributed by atoms with Crippen molar-refractivity contribution in [1.82, 2.24) is 10.2 Å². The molecule has 0 aliphatic rings. The molecule has 0 unspecified atom stereocenters. The van der Waals surface area contributed by atoms with Crippen molar-refractivity contribution in [3.8, 4) is 11.5 Å². The Morgan fingerprint density at radius 2 is 1.57 bits per heavy atom. The van der Waals surface area contributed by atoms with Crippen LogP contribution in [-0.2, 0) is 26.2 Å². The Hall–Kier alpha value is -3.76. The Bertz CT molecular complexity index is 1400. The Kier molecular flexibility index (Phi) is 10.8. The summed E-state index contributed by atoms with van der Waals surface area (Å²) < 4.78 is 39.6. The van der Waals surface area contributed by atoms with Gasteiger partial charge in [-0.15, -0.1) is 0 Å². The van der Waals surface area contributed by atoms with E-state index in [9.17, 15) is 18.0 Å². The first-order valence-electron chi connectivity index (χ1n) is 12.8. The summed E-state index contributed by atoms with van der Waals surface area (Å²) in [6.45, 7) is 3.48. The van der Waals surface area contributed by atoms with E-state index in [0.717, 1.165) is 9.87 Å². The molecular formula is C29H34ClN3O6S. The number of nitrogens with one attached hydrogen (secondary N) is 1. The average molecular weight is 588 g/mol. The van der Waals surface area contributed by atoms with Crippen LogP contribution < -0.4 is 19.1 Å². The summed E-state index contributed by atoms with van der Waals surface area (Å²) in [5.74, 6) is -0.127. The van der Waals surface area contributed by atoms with E-state index >= 15 is 0 Å². The quantitative estimate of drug-likeness (QED) is 0.316. The number of para-hydroxylation sites is 2. The second-order valence-corrected chi connectivity index (χ2v) is 11.1. The monoisotopic (exact) mass is 587 g/mol. The number of rotatable bonds is 13. The molecule has 0 aromatic heterocycles. The van der Waals surface area contributed by atoms with Crippen molar-refractivity contribution >= 4 is 39.1 Å². The van der Waals surface area contributed by atoms with E-state index in [1.165, 1.54) is 43.4 Å². The molecule has 40 heavy (non-hydrogen) atoms. The fourth-order valence-electron chi connectivity index (χ4n) is 4.22. The third-order valence-electron chi connectivity index (χ3n) is 6.28. The standard InChI is InChI=1S/C29H34ClN3O6S/c1-5-25(29(35)31-6-2)32(19-21-11-13-22(30)14-12-21)28(34)20-33(26-9-7-8-10-27(26)39-4)40(36,37)24-17-15-23(38-3)16-18-24/h7-18,25H,5-6,19-20H2,1-4H3,(H,31,35)/t25-/m1/s1. The Labute approximate surface area is 240 Å². The number of amides is 2. The molecule has 0 heterocycles. The molecule has 0 bridgehead atoms. The lowest BCUT2D eigenvalue weighted by molar-refractivity contribution is -0.140. The van der Waals surface area contributed by atoms with Crippen LogP contribution >= 0.6 is 11.6 Å². The highest BCUT2D eigenvalue weighted by molar-refractivity contribution is 7.92. The highest BCUT2D eigenvalue weighted by Gasteiger charge is 2.34. The number of carbonyl (C=O) groups is 2. The number of sulfonamides is 1. The van der Waals surface area contributed by atoms with Crippen LogP contribution in [0.15, 0.2) is 77.7 Å². The number of benzene rings is 3. The number of ether oxygens (including phenoxy) is 2. The molecule has 214 valence electrons. The van der Waals surface area contributed by atoms with Crippen molar-refractivity contribution in [1.29, 1.82) is 0 Å². The van der Waals surface area contributed by atoms with Crippen LogP contribution in [0.1, 0.15) is 25.8 Å². The molecule has 1 atom stereocenters. The van der Waals surface area contributed by atoms with Gasteiger partial charge in [-0.3, -0.25) is 13.9 Å². The minimum Gasteiger partial charge on any atom is -0.497 e. The third kappa shape index (κ3) is 7.25. The summed E-state index contributed by atoms with van der Waals surface area (Å²) in [6.07, 6.45) is 0.324. The first kappa shape index (κ1) is 30.8. The predicted octanol–water partition coefficient (Wildman–Crippen LogP) is 4.50. The smallest absolute Gasteiger partial charge is 0.264 e. The first-order chi connectivity index (χ1) is 19.2. The van der Waals surface area contributed by atoms with Crippen LogP contribution in [0.2, 0.25) is 5.02 Å². The van der Waals surface area contributed by atoms with Crippen LogP contribution in [-0.4, -0.2) is 58.5 Å². The van der Waals surface area contributed by atoms with E-state index < -0.39 is 28.5 Å². The summed E-state index contributed by atoms with van der Waals surface area (Å²) in [4.78, 5) is 28.4. The Morgan fingerprint density at radius 3 is 2.15 bits per heavy atom. The lowest BCUT2D eigenvalue weighted by atomic mass is 10.1. The second-order valence-electron chi connectivity index (χ2n) is 8.83. The number of nitrogens with zero attached hydrogens (tertiary/aromatic N) is 2. The number of likely N-dealkylation sites (N-methyl/N-ethyl adjacent to an activating group) is 1. The van der Waals surface area contributed by atoms with Crippen molar-refractivity contribution in [3.05, 3.63) is 83.4 Å². The van der Waals surface area contributed by atoms with E-state index in [4.69, 9.17) is 21.1 Å². The lowest BCUT2D eigenvalue weighted by Crippen LogP contribution is -2.52. The molecule has 3 aromatic rings. The van der Waals surface area contributed by atoms with Gasteiger partial charge in [0.05, 0.1) is 24.8 Å². The Morgan fingerprint density at radius 1 is 0.925 bits per heavy atom. The molecule has 3 aromatic carbocycles. The van der Waals surface area contributed by atoms with Gasteiger partial charge >= 0.3 is 0 Å². The summed E-state index contributed by atoms with van der Waals surface area (Å²) in [6, 6.07) is 18.5. The van der Waals surface area contributed by atoms with Crippen molar-refractivity contribution in [2.75, 3.05) is 31.6 Å². The molecule has 3 rings (SSSR count). The van der Waals surface area contributed by atoms with E-state index in [-0.39, 0.29) is 28.8 Å². The van der Waals surface area contributed by atoms with E-state index in [1.807, 2.05) is 0 Å². The van der Waals surface area contributed by atoms with Gasteiger partial charge in [0.15, 0.2) is 0 Å². The molecule has 0 spiro atoms. The zero-order valence-corrected chi connectivity index (χ0v) is 24.5. The average Bonchev–Trinajstić information content (AvgIpc) is 2.96. The maximum Gasteiger partial charge on any atom is 0.264 e. The minimum atomic E-state index is -4.25. The zero-order chi connectivity index (χ0) is 29.3. The Balaban J connectivity index is 2.09. The predicted molar refractivity (Wildman–Crippen MR) is 155 cm³/mol. The topological polar surface area (TPSA) is 105 Å². The fraction of sp³-hybridized carbons (Fsp3) is 0.310. The molecule has 0 saturated heterocycles. The highest BCUT2D eigenvalue weighted by Crippen LogP contribution is 2.33. The molecule has 0 radical (unpaired) electrons. The maximum absolute atomic E-state index is 14.0. The molecule has 1 N–H and O–H groups in total. The zero-order valence-electron chi connectivity index (χ0n) is 23.0. The molecule has 11 heteroatoms. The van der Waals surface area contributed by atoms with Crippen LogP contribution in [0.3, 0.4) is 0 Å². The summed E-state index contributed by atoms with van der Waals surface area (Å²) in [7, 11) is -1.34. The molecular weight excluding hydrogens is 554 g/mol. The normalized spacial score (nSPS) is 11.8. The van der Waals surface area contributed by atoms with Gasteiger partial charge in [0.2, 0.25) is 11.8 Å². The number of hydrogen-bond donors (Lipinski definition) is 1. The van der Waals surface area contributed by atoms with Crippen molar-refractivity contribution in [3.63, 3.8) is 0 Å². The molecule has 0 saturated carbocycles. The van der Waals surface area contributed by atoms with Gasteiger partial charge in [0.1, 0.15) is 24.1 Å². The SMILES string of the molecule is CCNC(=O)[C@@H](CC)N(Cc1ccc(Cl)cc1)C(=O)CN(c1ccccc1OC)S(=O)(=O)c1ccc(OC)cc1. The maximum atomic E-state index is 14.0. The number of halogens is 1. The lowest BCUT2D eigenvalue weighted by Gasteiger charge is -2.33. The number of anilines is 1. The van der Waals surface area contributed by atoms with Crippen molar-refractivity contribution < 1.29 is 27.5 Å². The molecule has 0 aliphatic heterocycles. The van der Waals surface area contributed by atoms with Gasteiger partial charge in [-0.1, -0.05) is 42.8 Å². The number of carbonyl (C=O) groups excluding carboxylic acids is 2. The molecule has 0 aliphatic carbocycles. The van der Waals surface area contributed by atoms with E-state index in [2.05, 4.69) is 5.32 Å². The van der Waals surface area contributed by atoms with Gasteiger partial charge in [-0.25, -0.2) is 8.42 Å². The van der Waals surface area contributed by atoms with Gasteiger partial charge in [0.25, 0.3) is 10.0 Å². The minimum absolute atomic E-state index is 0.0352. The van der Waals surface area contributed by atoms with Crippen molar-refractivity contribution in [2.24, 2.45) is 0 Å². The van der Waals surface area contributed by atoms with Gasteiger partial charge in [-0.05, 0) is 67.4 Å². The van der Waals surface area contributed by atoms with Gasteiger partial charge < -0.3 is 19.7 Å². The highest BCUT2D eigenvalue weighted by atomic mass is 35.5. The van der Waals surface area contributed by atoms with E-state index in [1.54, 1.807) is 62.4 Å². The largest absolute Gasteiger partial charge is 0.497 e. The fourth-order valence-corrected chi connectivity index (χ4v) is 5.77. The summed E-state index contributed by atoms with van der Waals surface area (Å²) >= 11 is 6.05. The summed E-state index contributed by atoms with van der Waals surface area (Å²) in [5, 5.41) is 3.31. The summed E-state index contributed by atoms with van der Waals surface area (Å²) in [5.41, 5.74) is 0.925. The van der Waals surface area contributed by atoms with Crippen LogP contribution in [0.5, 0.6) is 11.5 Å². The second kappa shape index (κ2) is 14.0. The van der Waals surface area contributed by atoms with Crippen LogP contribution in [0.25, 0.3) is 0 Å². The van der Waals surface area contributed by atoms with E-state index in [0.29, 0.717) is 23.7 Å². The number of methoxy groups -OCH3 is 2. The molecule has 9 nitrogen and oxygen atoms in total. The molecule has 0 fully saturated rings. The van der Waals surface area contributed by atoms with Crippen molar-refractivity contribution in [2.45, 2.75) is 37.8 Å². The first-order valence-corrected chi connectivity index (χ1v) is 14.6. The third-order valence-corrected chi connectivity index (χ3v) is 8.31. The molecule has 2 amide bonds. The van der Waals surface area contributed by atoms with Gasteiger partial charge in [-0.2, -0.15) is 0 Å².